The van der Waals surface area contributed by atoms with E-state index in [1.807, 2.05) is 35.9 Å². The van der Waals surface area contributed by atoms with Crippen molar-refractivity contribution in [1.29, 1.82) is 5.26 Å². The highest BCUT2D eigenvalue weighted by Gasteiger charge is 2.11. The van der Waals surface area contributed by atoms with Gasteiger partial charge in [-0.3, -0.25) is 0 Å². The Labute approximate surface area is 143 Å². The molecule has 0 fully saturated rings. The van der Waals surface area contributed by atoms with E-state index in [4.69, 9.17) is 16.9 Å². The van der Waals surface area contributed by atoms with Gasteiger partial charge < -0.3 is 4.57 Å². The molecule has 2 aromatic heterocycles. The maximum absolute atomic E-state index is 8.92. The van der Waals surface area contributed by atoms with E-state index in [-0.39, 0.29) is 0 Å². The number of nitrogens with zero attached hydrogens (tertiary/aromatic N) is 5. The van der Waals surface area contributed by atoms with Crippen LogP contribution in [0, 0.1) is 11.3 Å². The number of nitriles is 1. The van der Waals surface area contributed by atoms with Crippen molar-refractivity contribution < 1.29 is 0 Å². The highest BCUT2D eigenvalue weighted by atomic mass is 35.5. The van der Waals surface area contributed by atoms with Crippen LogP contribution in [0.25, 0.3) is 11.4 Å². The predicted octanol–water partition coefficient (Wildman–Crippen LogP) is 3.69. The predicted molar refractivity (Wildman–Crippen MR) is 90.0 cm³/mol. The van der Waals surface area contributed by atoms with Crippen LogP contribution in [0.5, 0.6) is 0 Å². The summed E-state index contributed by atoms with van der Waals surface area (Å²) in [5.41, 5.74) is 1.56. The molecular weight excluding hydrogens is 330 g/mol. The number of hydrogen-bond donors (Lipinski definition) is 0. The average Bonchev–Trinajstić information content (AvgIpc) is 2.95. The summed E-state index contributed by atoms with van der Waals surface area (Å²) in [6, 6.07) is 13.1. The number of aromatic nitrogens is 4. The third-order valence-corrected chi connectivity index (χ3v) is 4.45. The van der Waals surface area contributed by atoms with Gasteiger partial charge in [-0.25, -0.2) is 4.98 Å². The lowest BCUT2D eigenvalue weighted by Crippen LogP contribution is -1.98. The topological polar surface area (TPSA) is 67.4 Å². The molecule has 7 heteroatoms. The zero-order valence-electron chi connectivity index (χ0n) is 12.3. The SMILES string of the molecule is Cn1c(CSc2cc(C#N)ccn2)nnc1-c1ccc(Cl)cc1. The van der Waals surface area contributed by atoms with Crippen LogP contribution in [-0.2, 0) is 12.8 Å². The van der Waals surface area contributed by atoms with E-state index in [1.165, 1.54) is 11.8 Å². The molecule has 0 aliphatic heterocycles. The standard InChI is InChI=1S/C16H12ClN5S/c1-22-14(10-23-15-8-11(9-18)6-7-19-15)20-21-16(22)12-2-4-13(17)5-3-12/h2-8H,10H2,1H3. The summed E-state index contributed by atoms with van der Waals surface area (Å²) >= 11 is 7.43. The highest BCUT2D eigenvalue weighted by Crippen LogP contribution is 2.24. The molecule has 0 aliphatic rings. The molecule has 0 atom stereocenters. The molecule has 23 heavy (non-hydrogen) atoms. The van der Waals surface area contributed by atoms with E-state index >= 15 is 0 Å². The summed E-state index contributed by atoms with van der Waals surface area (Å²) in [6.45, 7) is 0. The number of benzene rings is 1. The van der Waals surface area contributed by atoms with E-state index in [0.717, 1.165) is 22.2 Å². The first-order chi connectivity index (χ1) is 11.2. The number of hydrogen-bond acceptors (Lipinski definition) is 5. The van der Waals surface area contributed by atoms with Crippen molar-refractivity contribution in [3.05, 3.63) is 59.0 Å². The Morgan fingerprint density at radius 1 is 1.22 bits per heavy atom. The Kier molecular flexibility index (Phi) is 4.60. The molecule has 0 saturated carbocycles. The fourth-order valence-electron chi connectivity index (χ4n) is 2.03. The Balaban J connectivity index is 1.77. The molecule has 0 radical (unpaired) electrons. The largest absolute Gasteiger partial charge is 0.313 e. The summed E-state index contributed by atoms with van der Waals surface area (Å²) in [4.78, 5) is 4.25. The summed E-state index contributed by atoms with van der Waals surface area (Å²) in [5, 5.41) is 18.9. The van der Waals surface area contributed by atoms with Crippen LogP contribution >= 0.6 is 23.4 Å². The summed E-state index contributed by atoms with van der Waals surface area (Å²) < 4.78 is 1.95. The van der Waals surface area contributed by atoms with Crippen LogP contribution in [-0.4, -0.2) is 19.7 Å². The minimum absolute atomic E-state index is 0.599. The molecule has 0 N–H and O–H groups in total. The number of pyridine rings is 1. The minimum Gasteiger partial charge on any atom is -0.313 e. The fourth-order valence-corrected chi connectivity index (χ4v) is 3.03. The molecule has 0 bridgehead atoms. The van der Waals surface area contributed by atoms with Gasteiger partial charge in [-0.15, -0.1) is 10.2 Å². The van der Waals surface area contributed by atoms with Gasteiger partial charge in [0.15, 0.2) is 5.82 Å². The Morgan fingerprint density at radius 3 is 2.74 bits per heavy atom. The third-order valence-electron chi connectivity index (χ3n) is 3.28. The van der Waals surface area contributed by atoms with Gasteiger partial charge in [0.25, 0.3) is 0 Å². The second-order valence-corrected chi connectivity index (χ2v) is 6.22. The molecule has 114 valence electrons. The van der Waals surface area contributed by atoms with Crippen LogP contribution in [0.15, 0.2) is 47.6 Å². The zero-order valence-corrected chi connectivity index (χ0v) is 13.8. The third kappa shape index (κ3) is 3.52. The highest BCUT2D eigenvalue weighted by molar-refractivity contribution is 7.98. The van der Waals surface area contributed by atoms with E-state index in [2.05, 4.69) is 21.3 Å². The average molecular weight is 342 g/mol. The van der Waals surface area contributed by atoms with Crippen molar-refractivity contribution in [2.45, 2.75) is 10.8 Å². The molecule has 1 aromatic carbocycles. The van der Waals surface area contributed by atoms with Gasteiger partial charge in [-0.2, -0.15) is 5.26 Å². The molecule has 2 heterocycles. The van der Waals surface area contributed by atoms with Crippen LogP contribution < -0.4 is 0 Å². The van der Waals surface area contributed by atoms with E-state index in [1.54, 1.807) is 18.3 Å². The molecule has 0 amide bonds. The molecule has 0 spiro atoms. The number of rotatable bonds is 4. The lowest BCUT2D eigenvalue weighted by Gasteiger charge is -2.04. The summed E-state index contributed by atoms with van der Waals surface area (Å²) in [7, 11) is 1.93. The van der Waals surface area contributed by atoms with Crippen molar-refractivity contribution in [3.63, 3.8) is 0 Å². The molecule has 3 aromatic rings. The number of halogens is 1. The second-order valence-electron chi connectivity index (χ2n) is 4.79. The maximum Gasteiger partial charge on any atom is 0.163 e. The summed E-state index contributed by atoms with van der Waals surface area (Å²) in [5.74, 6) is 2.25. The molecule has 3 rings (SSSR count). The van der Waals surface area contributed by atoms with Crippen molar-refractivity contribution in [1.82, 2.24) is 19.7 Å². The molecular formula is C16H12ClN5S. The maximum atomic E-state index is 8.92. The van der Waals surface area contributed by atoms with Crippen LogP contribution in [0.3, 0.4) is 0 Å². The van der Waals surface area contributed by atoms with Gasteiger partial charge in [0, 0.05) is 23.8 Å². The fraction of sp³-hybridized carbons (Fsp3) is 0.125. The lowest BCUT2D eigenvalue weighted by atomic mass is 10.2. The van der Waals surface area contributed by atoms with Crippen LogP contribution in [0.2, 0.25) is 5.02 Å². The Hall–Kier alpha value is -2.36. The van der Waals surface area contributed by atoms with Gasteiger partial charge in [0.2, 0.25) is 0 Å². The molecule has 5 nitrogen and oxygen atoms in total. The number of thioether (sulfide) groups is 1. The normalized spacial score (nSPS) is 10.5. The van der Waals surface area contributed by atoms with Crippen molar-refractivity contribution >= 4 is 23.4 Å². The lowest BCUT2D eigenvalue weighted by molar-refractivity contribution is 0.855. The quantitative estimate of drug-likeness (QED) is 0.677. The first-order valence-electron chi connectivity index (χ1n) is 6.80. The monoisotopic (exact) mass is 341 g/mol. The second kappa shape index (κ2) is 6.82. The van der Waals surface area contributed by atoms with Crippen LogP contribution in [0.4, 0.5) is 0 Å². The van der Waals surface area contributed by atoms with E-state index in [9.17, 15) is 0 Å². The summed E-state index contributed by atoms with van der Waals surface area (Å²) in [6.07, 6.45) is 1.64. The molecule has 0 aliphatic carbocycles. The van der Waals surface area contributed by atoms with Gasteiger partial charge in [-0.1, -0.05) is 23.4 Å². The van der Waals surface area contributed by atoms with E-state index in [0.29, 0.717) is 16.3 Å². The van der Waals surface area contributed by atoms with Crippen LogP contribution in [0.1, 0.15) is 11.4 Å². The smallest absolute Gasteiger partial charge is 0.163 e. The van der Waals surface area contributed by atoms with Crippen molar-refractivity contribution in [2.75, 3.05) is 0 Å². The molecule has 0 saturated heterocycles. The van der Waals surface area contributed by atoms with Crippen molar-refractivity contribution in [3.8, 4) is 17.5 Å². The van der Waals surface area contributed by atoms with E-state index < -0.39 is 0 Å². The van der Waals surface area contributed by atoms with Gasteiger partial charge in [0.05, 0.1) is 22.4 Å². The Bertz CT molecular complexity index is 867. The molecule has 0 unspecified atom stereocenters. The van der Waals surface area contributed by atoms with Gasteiger partial charge in [-0.05, 0) is 36.4 Å². The minimum atomic E-state index is 0.599. The first-order valence-corrected chi connectivity index (χ1v) is 8.17. The Morgan fingerprint density at radius 2 is 2.00 bits per heavy atom. The first kappa shape index (κ1) is 15.5. The zero-order chi connectivity index (χ0) is 16.2. The van der Waals surface area contributed by atoms with Gasteiger partial charge in [0.1, 0.15) is 5.82 Å². The van der Waals surface area contributed by atoms with Gasteiger partial charge >= 0.3 is 0 Å². The van der Waals surface area contributed by atoms with Crippen molar-refractivity contribution in [2.24, 2.45) is 7.05 Å².